The lowest BCUT2D eigenvalue weighted by atomic mass is 10.2. The number of rotatable bonds is 5. The number of nitrogens with zero attached hydrogens (tertiary/aromatic N) is 1. The van der Waals surface area contributed by atoms with E-state index < -0.39 is 0 Å². The summed E-state index contributed by atoms with van der Waals surface area (Å²) in [6, 6.07) is 0.764. The van der Waals surface area contributed by atoms with E-state index >= 15 is 0 Å². The fraction of sp³-hybridized carbons (Fsp3) is 0.846. The fourth-order valence-corrected chi connectivity index (χ4v) is 3.02. The lowest BCUT2D eigenvalue weighted by Crippen LogP contribution is -2.39. The quantitative estimate of drug-likeness (QED) is 0.576. The van der Waals surface area contributed by atoms with Gasteiger partial charge in [-0.25, -0.2) is 0 Å². The first kappa shape index (κ1) is 12.3. The average molecular weight is 238 g/mol. The maximum absolute atomic E-state index is 5.25. The highest BCUT2D eigenvalue weighted by molar-refractivity contribution is 7.99. The molecule has 90 valence electrons. The van der Waals surface area contributed by atoms with Gasteiger partial charge in [0.05, 0.1) is 5.75 Å². The highest BCUT2D eigenvalue weighted by Crippen LogP contribution is 2.33. The van der Waals surface area contributed by atoms with Gasteiger partial charge in [-0.3, -0.25) is 0 Å². The minimum Gasteiger partial charge on any atom is -0.312 e. The van der Waals surface area contributed by atoms with Crippen molar-refractivity contribution in [1.29, 1.82) is 0 Å². The molecule has 0 aromatic heterocycles. The standard InChI is InChI=1S/C13H22N2S/c1-2-9-16-10-8-15-7-3-6-14-13(11-15)12-4-5-12/h1,12-14H,3-11H2. The Kier molecular flexibility index (Phi) is 5.02. The van der Waals surface area contributed by atoms with Crippen LogP contribution in [-0.2, 0) is 0 Å². The van der Waals surface area contributed by atoms with Crippen molar-refractivity contribution >= 4 is 11.8 Å². The molecule has 0 radical (unpaired) electrons. The van der Waals surface area contributed by atoms with E-state index in [1.165, 1.54) is 51.2 Å². The number of thioether (sulfide) groups is 1. The molecule has 2 aliphatic rings. The van der Waals surface area contributed by atoms with Gasteiger partial charge in [0.25, 0.3) is 0 Å². The molecule has 1 aliphatic heterocycles. The second-order valence-electron chi connectivity index (χ2n) is 4.81. The minimum absolute atomic E-state index is 0.764. The van der Waals surface area contributed by atoms with Crippen molar-refractivity contribution in [1.82, 2.24) is 10.2 Å². The van der Waals surface area contributed by atoms with E-state index in [1.54, 1.807) is 0 Å². The normalized spacial score (nSPS) is 27.3. The van der Waals surface area contributed by atoms with Gasteiger partial charge in [0, 0.05) is 24.9 Å². The van der Waals surface area contributed by atoms with Gasteiger partial charge < -0.3 is 10.2 Å². The molecule has 1 heterocycles. The van der Waals surface area contributed by atoms with E-state index in [9.17, 15) is 0 Å². The van der Waals surface area contributed by atoms with Gasteiger partial charge >= 0.3 is 0 Å². The molecule has 3 heteroatoms. The molecule has 16 heavy (non-hydrogen) atoms. The predicted molar refractivity (Wildman–Crippen MR) is 71.7 cm³/mol. The Bertz CT molecular complexity index is 245. The van der Waals surface area contributed by atoms with Gasteiger partial charge in [-0.1, -0.05) is 5.92 Å². The van der Waals surface area contributed by atoms with Crippen LogP contribution in [0.5, 0.6) is 0 Å². The summed E-state index contributed by atoms with van der Waals surface area (Å²) in [5.41, 5.74) is 0. The SMILES string of the molecule is C#CCSCCN1CCCNC(C2CC2)C1. The van der Waals surface area contributed by atoms with Gasteiger partial charge in [-0.05, 0) is 38.3 Å². The Labute approximate surface area is 104 Å². The van der Waals surface area contributed by atoms with Crippen molar-refractivity contribution in [3.8, 4) is 12.3 Å². The van der Waals surface area contributed by atoms with Crippen molar-refractivity contribution in [2.45, 2.75) is 25.3 Å². The predicted octanol–water partition coefficient (Wildman–Crippen LogP) is 1.43. The van der Waals surface area contributed by atoms with E-state index in [0.29, 0.717) is 0 Å². The van der Waals surface area contributed by atoms with E-state index in [4.69, 9.17) is 6.42 Å². The average Bonchev–Trinajstić information content (AvgIpc) is 3.10. The fourth-order valence-electron chi connectivity index (χ4n) is 2.37. The molecule has 0 amide bonds. The molecule has 1 aliphatic carbocycles. The van der Waals surface area contributed by atoms with Gasteiger partial charge in [0.1, 0.15) is 0 Å². The Morgan fingerprint density at radius 1 is 1.44 bits per heavy atom. The summed E-state index contributed by atoms with van der Waals surface area (Å²) in [5, 5.41) is 3.69. The Morgan fingerprint density at radius 3 is 3.06 bits per heavy atom. The van der Waals surface area contributed by atoms with Gasteiger partial charge in [-0.2, -0.15) is 0 Å². The maximum Gasteiger partial charge on any atom is 0.0545 e. The molecule has 0 aromatic carbocycles. The highest BCUT2D eigenvalue weighted by Gasteiger charge is 2.32. The van der Waals surface area contributed by atoms with Gasteiger partial charge in [-0.15, -0.1) is 18.2 Å². The Hall–Kier alpha value is -0.170. The summed E-state index contributed by atoms with van der Waals surface area (Å²) in [4.78, 5) is 2.62. The Balaban J connectivity index is 1.68. The molecule has 2 nitrogen and oxygen atoms in total. The van der Waals surface area contributed by atoms with E-state index in [0.717, 1.165) is 17.7 Å². The lowest BCUT2D eigenvalue weighted by molar-refractivity contribution is 0.273. The van der Waals surface area contributed by atoms with Crippen LogP contribution in [0.15, 0.2) is 0 Å². The van der Waals surface area contributed by atoms with Crippen LogP contribution in [0.3, 0.4) is 0 Å². The second-order valence-corrected chi connectivity index (χ2v) is 5.91. The minimum atomic E-state index is 0.764. The third kappa shape index (κ3) is 4.01. The summed E-state index contributed by atoms with van der Waals surface area (Å²) in [6.07, 6.45) is 9.43. The van der Waals surface area contributed by atoms with Crippen LogP contribution < -0.4 is 5.32 Å². The third-order valence-electron chi connectivity index (χ3n) is 3.44. The summed E-state index contributed by atoms with van der Waals surface area (Å²) in [7, 11) is 0. The number of hydrogen-bond donors (Lipinski definition) is 1. The summed E-state index contributed by atoms with van der Waals surface area (Å²) in [6.45, 7) is 4.92. The van der Waals surface area contributed by atoms with Crippen molar-refractivity contribution in [3.05, 3.63) is 0 Å². The van der Waals surface area contributed by atoms with Crippen LogP contribution in [0, 0.1) is 18.3 Å². The monoisotopic (exact) mass is 238 g/mol. The van der Waals surface area contributed by atoms with Crippen molar-refractivity contribution in [2.75, 3.05) is 37.7 Å². The Morgan fingerprint density at radius 2 is 2.31 bits per heavy atom. The molecular formula is C13H22N2S. The van der Waals surface area contributed by atoms with Crippen LogP contribution in [-0.4, -0.2) is 48.6 Å². The topological polar surface area (TPSA) is 15.3 Å². The first-order chi connectivity index (χ1) is 7.90. The van der Waals surface area contributed by atoms with E-state index in [2.05, 4.69) is 16.1 Å². The lowest BCUT2D eigenvalue weighted by Gasteiger charge is -2.23. The van der Waals surface area contributed by atoms with Crippen LogP contribution in [0.1, 0.15) is 19.3 Å². The van der Waals surface area contributed by atoms with Crippen molar-refractivity contribution < 1.29 is 0 Å². The van der Waals surface area contributed by atoms with Crippen molar-refractivity contribution in [2.24, 2.45) is 5.92 Å². The summed E-state index contributed by atoms with van der Waals surface area (Å²) >= 11 is 1.88. The van der Waals surface area contributed by atoms with E-state index in [-0.39, 0.29) is 0 Å². The van der Waals surface area contributed by atoms with Crippen LogP contribution >= 0.6 is 11.8 Å². The molecule has 0 aromatic rings. The molecule has 1 atom stereocenters. The number of nitrogens with one attached hydrogen (secondary N) is 1. The zero-order valence-corrected chi connectivity index (χ0v) is 10.8. The zero-order chi connectivity index (χ0) is 11.2. The first-order valence-corrected chi connectivity index (χ1v) is 7.52. The zero-order valence-electron chi connectivity index (χ0n) is 9.95. The van der Waals surface area contributed by atoms with E-state index in [1.807, 2.05) is 11.8 Å². The van der Waals surface area contributed by atoms with Crippen molar-refractivity contribution in [3.63, 3.8) is 0 Å². The highest BCUT2D eigenvalue weighted by atomic mass is 32.2. The van der Waals surface area contributed by atoms with Crippen LogP contribution in [0.2, 0.25) is 0 Å². The molecule has 2 fully saturated rings. The van der Waals surface area contributed by atoms with Gasteiger partial charge in [0.2, 0.25) is 0 Å². The molecule has 1 saturated heterocycles. The summed E-state index contributed by atoms with van der Waals surface area (Å²) < 4.78 is 0. The molecule has 1 saturated carbocycles. The van der Waals surface area contributed by atoms with Gasteiger partial charge in [0.15, 0.2) is 0 Å². The number of hydrogen-bond acceptors (Lipinski definition) is 3. The maximum atomic E-state index is 5.25. The van der Waals surface area contributed by atoms with Crippen LogP contribution in [0.4, 0.5) is 0 Å². The molecule has 0 bridgehead atoms. The molecule has 2 rings (SSSR count). The second kappa shape index (κ2) is 6.54. The first-order valence-electron chi connectivity index (χ1n) is 6.37. The summed E-state index contributed by atoms with van der Waals surface area (Å²) in [5.74, 6) is 5.70. The molecule has 1 N–H and O–H groups in total. The molecule has 0 spiro atoms. The molecule has 1 unspecified atom stereocenters. The largest absolute Gasteiger partial charge is 0.312 e. The van der Waals surface area contributed by atoms with Crippen LogP contribution in [0.25, 0.3) is 0 Å². The third-order valence-corrected chi connectivity index (χ3v) is 4.28. The number of terminal acetylenes is 1. The smallest absolute Gasteiger partial charge is 0.0545 e. The molecular weight excluding hydrogens is 216 g/mol.